The van der Waals surface area contributed by atoms with Crippen molar-refractivity contribution >= 4 is 12.0 Å². The molecule has 0 atom stereocenters. The minimum Gasteiger partial charge on any atom is -0.366 e. The lowest BCUT2D eigenvalue weighted by molar-refractivity contribution is -0.114. The van der Waals surface area contributed by atoms with Gasteiger partial charge < -0.3 is 5.73 Å². The first-order valence-corrected chi connectivity index (χ1v) is 7.79. The van der Waals surface area contributed by atoms with E-state index in [-0.39, 0.29) is 5.82 Å². The van der Waals surface area contributed by atoms with Gasteiger partial charge in [-0.25, -0.2) is 9.07 Å². The van der Waals surface area contributed by atoms with Crippen molar-refractivity contribution in [2.24, 2.45) is 5.73 Å². The van der Waals surface area contributed by atoms with Crippen LogP contribution in [0.2, 0.25) is 0 Å². The molecule has 0 aliphatic carbocycles. The average molecular weight is 336 g/mol. The van der Waals surface area contributed by atoms with Gasteiger partial charge in [0.15, 0.2) is 0 Å². The van der Waals surface area contributed by atoms with Gasteiger partial charge in [-0.05, 0) is 29.3 Å². The van der Waals surface area contributed by atoms with Gasteiger partial charge in [-0.3, -0.25) is 4.79 Å². The molecule has 0 saturated heterocycles. The second kappa shape index (κ2) is 7.53. The Morgan fingerprint density at radius 3 is 2.52 bits per heavy atom. The maximum Gasteiger partial charge on any atom is 0.245 e. The standard InChI is InChI=1S/C19H17FN4O/c20-17-8-6-15(7-9-17)12-24-13-18(22-23-24)11-16(19(21)25)10-14-4-2-1-3-5-14/h1-10,13H,11-12H2,(H2,21,25). The van der Waals surface area contributed by atoms with Crippen molar-refractivity contribution in [3.63, 3.8) is 0 Å². The average Bonchev–Trinajstić information content (AvgIpc) is 3.04. The second-order valence-electron chi connectivity index (χ2n) is 5.66. The molecule has 0 saturated carbocycles. The third kappa shape index (κ3) is 4.60. The van der Waals surface area contributed by atoms with Crippen LogP contribution in [0.1, 0.15) is 16.8 Å². The molecule has 0 fully saturated rings. The number of nitrogens with two attached hydrogens (primary N) is 1. The summed E-state index contributed by atoms with van der Waals surface area (Å²) in [6.07, 6.45) is 3.81. The molecule has 0 spiro atoms. The normalized spacial score (nSPS) is 11.5. The number of hydrogen-bond donors (Lipinski definition) is 1. The SMILES string of the molecule is NC(=O)C(=Cc1ccccc1)Cc1cn(Cc2ccc(F)cc2)nn1. The molecule has 0 radical (unpaired) electrons. The Bertz CT molecular complexity index is 885. The highest BCUT2D eigenvalue weighted by atomic mass is 19.1. The molecule has 0 aliphatic rings. The summed E-state index contributed by atoms with van der Waals surface area (Å²) in [5.41, 5.74) is 8.39. The molecule has 2 aromatic carbocycles. The van der Waals surface area contributed by atoms with Gasteiger partial charge in [0.1, 0.15) is 5.82 Å². The first-order valence-electron chi connectivity index (χ1n) is 7.79. The van der Waals surface area contributed by atoms with Crippen molar-refractivity contribution in [3.05, 3.63) is 89.0 Å². The van der Waals surface area contributed by atoms with Crippen LogP contribution in [-0.2, 0) is 17.8 Å². The van der Waals surface area contributed by atoms with E-state index >= 15 is 0 Å². The van der Waals surface area contributed by atoms with E-state index in [0.717, 1.165) is 11.1 Å². The smallest absolute Gasteiger partial charge is 0.245 e. The summed E-state index contributed by atoms with van der Waals surface area (Å²) >= 11 is 0. The van der Waals surface area contributed by atoms with E-state index in [1.54, 1.807) is 29.1 Å². The number of hydrogen-bond acceptors (Lipinski definition) is 3. The fourth-order valence-corrected chi connectivity index (χ4v) is 2.43. The molecule has 126 valence electrons. The van der Waals surface area contributed by atoms with E-state index < -0.39 is 5.91 Å². The van der Waals surface area contributed by atoms with Crippen molar-refractivity contribution in [1.29, 1.82) is 0 Å². The van der Waals surface area contributed by atoms with E-state index in [9.17, 15) is 9.18 Å². The maximum absolute atomic E-state index is 12.9. The molecule has 0 unspecified atom stereocenters. The summed E-state index contributed by atoms with van der Waals surface area (Å²) in [4.78, 5) is 11.7. The Balaban J connectivity index is 1.73. The van der Waals surface area contributed by atoms with Gasteiger partial charge in [0, 0.05) is 18.2 Å². The van der Waals surface area contributed by atoms with Gasteiger partial charge in [0.2, 0.25) is 5.91 Å². The van der Waals surface area contributed by atoms with Crippen LogP contribution in [0.5, 0.6) is 0 Å². The van der Waals surface area contributed by atoms with Gasteiger partial charge in [-0.1, -0.05) is 47.7 Å². The monoisotopic (exact) mass is 336 g/mol. The largest absolute Gasteiger partial charge is 0.366 e. The molecule has 0 aliphatic heterocycles. The Morgan fingerprint density at radius 1 is 1.12 bits per heavy atom. The number of amides is 1. The summed E-state index contributed by atoms with van der Waals surface area (Å²) in [7, 11) is 0. The number of carbonyl (C=O) groups is 1. The molecule has 5 nitrogen and oxygen atoms in total. The third-order valence-electron chi connectivity index (χ3n) is 3.67. The van der Waals surface area contributed by atoms with E-state index in [2.05, 4.69) is 10.3 Å². The summed E-state index contributed by atoms with van der Waals surface area (Å²) < 4.78 is 14.6. The molecule has 0 bridgehead atoms. The molecule has 1 heterocycles. The molecule has 3 aromatic rings. The minimum absolute atomic E-state index is 0.278. The van der Waals surface area contributed by atoms with Gasteiger partial charge >= 0.3 is 0 Å². The zero-order valence-electron chi connectivity index (χ0n) is 13.5. The van der Waals surface area contributed by atoms with Crippen LogP contribution in [-0.4, -0.2) is 20.9 Å². The number of benzene rings is 2. The van der Waals surface area contributed by atoms with Crippen molar-refractivity contribution in [2.45, 2.75) is 13.0 Å². The first-order chi connectivity index (χ1) is 12.1. The van der Waals surface area contributed by atoms with E-state index in [0.29, 0.717) is 24.2 Å². The first kappa shape index (κ1) is 16.6. The van der Waals surface area contributed by atoms with E-state index in [1.807, 2.05) is 30.3 Å². The lowest BCUT2D eigenvalue weighted by Gasteiger charge is -2.02. The van der Waals surface area contributed by atoms with Gasteiger partial charge in [0.05, 0.1) is 12.2 Å². The van der Waals surface area contributed by atoms with Gasteiger partial charge in [0.25, 0.3) is 0 Å². The fourth-order valence-electron chi connectivity index (χ4n) is 2.43. The van der Waals surface area contributed by atoms with Crippen LogP contribution in [0.15, 0.2) is 66.4 Å². The Hall–Kier alpha value is -3.28. The summed E-state index contributed by atoms with van der Waals surface area (Å²) in [5.74, 6) is -0.767. The zero-order chi connectivity index (χ0) is 17.6. The number of carbonyl (C=O) groups excluding carboxylic acids is 1. The van der Waals surface area contributed by atoms with Crippen LogP contribution < -0.4 is 5.73 Å². The van der Waals surface area contributed by atoms with Crippen molar-refractivity contribution < 1.29 is 9.18 Å². The summed E-state index contributed by atoms with van der Waals surface area (Å²) in [5, 5.41) is 8.13. The topological polar surface area (TPSA) is 73.8 Å². The Morgan fingerprint density at radius 2 is 1.84 bits per heavy atom. The molecule has 1 aromatic heterocycles. The summed E-state index contributed by atoms with van der Waals surface area (Å²) in [6.45, 7) is 0.474. The number of rotatable bonds is 6. The second-order valence-corrected chi connectivity index (χ2v) is 5.66. The Kier molecular flexibility index (Phi) is 4.99. The van der Waals surface area contributed by atoms with Gasteiger partial charge in [-0.2, -0.15) is 0 Å². The number of halogens is 1. The molecule has 3 rings (SSSR count). The molecule has 6 heteroatoms. The summed E-state index contributed by atoms with van der Waals surface area (Å²) in [6, 6.07) is 15.7. The fraction of sp³-hybridized carbons (Fsp3) is 0.105. The highest BCUT2D eigenvalue weighted by molar-refractivity contribution is 5.96. The van der Waals surface area contributed by atoms with Gasteiger partial charge in [-0.15, -0.1) is 5.10 Å². The molecule has 25 heavy (non-hydrogen) atoms. The van der Waals surface area contributed by atoms with E-state index in [1.165, 1.54) is 12.1 Å². The lowest BCUT2D eigenvalue weighted by atomic mass is 10.1. The number of nitrogens with zero attached hydrogens (tertiary/aromatic N) is 3. The maximum atomic E-state index is 12.9. The zero-order valence-corrected chi connectivity index (χ0v) is 13.5. The van der Waals surface area contributed by atoms with Crippen LogP contribution >= 0.6 is 0 Å². The molecule has 1 amide bonds. The Labute approximate surface area is 144 Å². The van der Waals surface area contributed by atoms with E-state index in [4.69, 9.17) is 5.73 Å². The predicted molar refractivity (Wildman–Crippen MR) is 92.8 cm³/mol. The number of aromatic nitrogens is 3. The molecular formula is C19H17FN4O. The van der Waals surface area contributed by atoms with Crippen LogP contribution in [0.25, 0.3) is 6.08 Å². The lowest BCUT2D eigenvalue weighted by Crippen LogP contribution is -2.15. The van der Waals surface area contributed by atoms with Crippen molar-refractivity contribution in [1.82, 2.24) is 15.0 Å². The van der Waals surface area contributed by atoms with Crippen LogP contribution in [0.4, 0.5) is 4.39 Å². The van der Waals surface area contributed by atoms with Crippen molar-refractivity contribution in [3.8, 4) is 0 Å². The highest BCUT2D eigenvalue weighted by Gasteiger charge is 2.10. The quantitative estimate of drug-likeness (QED) is 0.703. The number of primary amides is 1. The van der Waals surface area contributed by atoms with Crippen LogP contribution in [0, 0.1) is 5.82 Å². The third-order valence-corrected chi connectivity index (χ3v) is 3.67. The van der Waals surface area contributed by atoms with Crippen molar-refractivity contribution in [2.75, 3.05) is 0 Å². The predicted octanol–water partition coefficient (Wildman–Crippen LogP) is 2.58. The highest BCUT2D eigenvalue weighted by Crippen LogP contribution is 2.12. The van der Waals surface area contributed by atoms with Crippen LogP contribution in [0.3, 0.4) is 0 Å². The minimum atomic E-state index is -0.489. The molecule has 2 N–H and O–H groups in total. The molecular weight excluding hydrogens is 319 g/mol.